The maximum absolute atomic E-state index is 13.2. The van der Waals surface area contributed by atoms with Crippen molar-refractivity contribution in [3.63, 3.8) is 0 Å². The van der Waals surface area contributed by atoms with Gasteiger partial charge in [-0.15, -0.1) is 0 Å². The van der Waals surface area contributed by atoms with Crippen molar-refractivity contribution >= 4 is 21.9 Å². The van der Waals surface area contributed by atoms with Crippen LogP contribution in [0.5, 0.6) is 5.75 Å². The lowest BCUT2D eigenvalue weighted by molar-refractivity contribution is -0.255. The summed E-state index contributed by atoms with van der Waals surface area (Å²) in [4.78, 5) is 10.5. The molecule has 0 aliphatic carbocycles. The molecule has 0 bridgehead atoms. The Kier molecular flexibility index (Phi) is 3.91. The SMILES string of the molecule is O=C([O-])c1c(F)c(Br)c(F)c(F)c1OC(F)F. The maximum atomic E-state index is 13.2. The Hall–Kier alpha value is -1.38. The number of carbonyl (C=O) groups excluding carboxylic acids is 1. The van der Waals surface area contributed by atoms with E-state index in [1.807, 2.05) is 0 Å². The van der Waals surface area contributed by atoms with Gasteiger partial charge in [-0.05, 0) is 15.9 Å². The van der Waals surface area contributed by atoms with Gasteiger partial charge in [-0.1, -0.05) is 0 Å². The Morgan fingerprint density at radius 2 is 1.71 bits per heavy atom. The van der Waals surface area contributed by atoms with Gasteiger partial charge in [0.15, 0.2) is 17.4 Å². The number of hydrogen-bond donors (Lipinski definition) is 0. The van der Waals surface area contributed by atoms with Gasteiger partial charge in [-0.25, -0.2) is 8.78 Å². The van der Waals surface area contributed by atoms with E-state index in [-0.39, 0.29) is 0 Å². The molecule has 1 aromatic rings. The van der Waals surface area contributed by atoms with Gasteiger partial charge in [0.25, 0.3) is 0 Å². The molecule has 0 amide bonds. The highest BCUT2D eigenvalue weighted by Crippen LogP contribution is 2.34. The van der Waals surface area contributed by atoms with Crippen LogP contribution in [0.2, 0.25) is 0 Å². The van der Waals surface area contributed by atoms with Gasteiger partial charge in [0.2, 0.25) is 5.82 Å². The lowest BCUT2D eigenvalue weighted by atomic mass is 10.1. The molecule has 0 unspecified atom stereocenters. The fourth-order valence-corrected chi connectivity index (χ4v) is 1.37. The van der Waals surface area contributed by atoms with Crippen LogP contribution in [0.4, 0.5) is 22.0 Å². The second-order valence-corrected chi connectivity index (χ2v) is 3.42. The second-order valence-electron chi connectivity index (χ2n) is 2.63. The zero-order chi connectivity index (χ0) is 13.3. The van der Waals surface area contributed by atoms with Crippen molar-refractivity contribution in [1.29, 1.82) is 0 Å². The van der Waals surface area contributed by atoms with Crippen molar-refractivity contribution in [1.82, 2.24) is 0 Å². The standard InChI is InChI=1S/C8H2BrF5O3/c9-2-3(10)1(7(15)16)6(17-8(13)14)5(12)4(2)11/h8H,(H,15,16)/p-1. The fourth-order valence-electron chi connectivity index (χ4n) is 0.994. The van der Waals surface area contributed by atoms with E-state index in [4.69, 9.17) is 0 Å². The smallest absolute Gasteiger partial charge is 0.387 e. The average Bonchev–Trinajstić information content (AvgIpc) is 2.22. The zero-order valence-corrected chi connectivity index (χ0v) is 9.16. The van der Waals surface area contributed by atoms with Crippen LogP contribution in [0.15, 0.2) is 4.47 Å². The van der Waals surface area contributed by atoms with Gasteiger partial charge < -0.3 is 14.6 Å². The number of carboxylic acids is 1. The van der Waals surface area contributed by atoms with E-state index in [0.717, 1.165) is 0 Å². The van der Waals surface area contributed by atoms with Crippen LogP contribution in [0, 0.1) is 17.5 Å². The number of carbonyl (C=O) groups is 1. The summed E-state index contributed by atoms with van der Waals surface area (Å²) >= 11 is 2.23. The molecule has 0 fully saturated rings. The van der Waals surface area contributed by atoms with Crippen molar-refractivity contribution in [2.75, 3.05) is 0 Å². The number of hydrogen-bond acceptors (Lipinski definition) is 3. The van der Waals surface area contributed by atoms with Crippen LogP contribution in [0.3, 0.4) is 0 Å². The quantitative estimate of drug-likeness (QED) is 0.485. The number of aromatic carboxylic acids is 1. The molecule has 0 saturated heterocycles. The first-order valence-electron chi connectivity index (χ1n) is 3.79. The van der Waals surface area contributed by atoms with Gasteiger partial charge in [-0.2, -0.15) is 13.2 Å². The predicted octanol–water partition coefficient (Wildman–Crippen LogP) is 1.83. The first kappa shape index (κ1) is 13.7. The fraction of sp³-hybridized carbons (Fsp3) is 0.125. The molecule has 17 heavy (non-hydrogen) atoms. The molecule has 9 heteroatoms. The van der Waals surface area contributed by atoms with Crippen LogP contribution >= 0.6 is 15.9 Å². The summed E-state index contributed by atoms with van der Waals surface area (Å²) in [6.07, 6.45) is 0. The van der Waals surface area contributed by atoms with Gasteiger partial charge in [0, 0.05) is 0 Å². The molecule has 0 atom stereocenters. The van der Waals surface area contributed by atoms with Crippen LogP contribution < -0.4 is 9.84 Å². The van der Waals surface area contributed by atoms with E-state index >= 15 is 0 Å². The normalized spacial score (nSPS) is 10.8. The van der Waals surface area contributed by atoms with Crippen molar-refractivity contribution in [2.24, 2.45) is 0 Å². The van der Waals surface area contributed by atoms with Gasteiger partial charge >= 0.3 is 6.61 Å². The molecule has 0 saturated carbocycles. The Bertz CT molecular complexity index is 477. The summed E-state index contributed by atoms with van der Waals surface area (Å²) in [5.74, 6) is -9.82. The summed E-state index contributed by atoms with van der Waals surface area (Å²) in [5.41, 5.74) is -1.63. The molecule has 1 rings (SSSR count). The van der Waals surface area contributed by atoms with Crippen LogP contribution in [0.1, 0.15) is 10.4 Å². The molecule has 0 spiro atoms. The predicted molar refractivity (Wildman–Crippen MR) is 45.0 cm³/mol. The number of alkyl halides is 2. The lowest BCUT2D eigenvalue weighted by Crippen LogP contribution is -2.26. The number of ether oxygens (including phenoxy) is 1. The van der Waals surface area contributed by atoms with Crippen LogP contribution in [-0.4, -0.2) is 12.6 Å². The molecule has 0 aliphatic rings. The third-order valence-electron chi connectivity index (χ3n) is 1.64. The Balaban J connectivity index is 3.59. The van der Waals surface area contributed by atoms with Crippen molar-refractivity contribution < 1.29 is 36.6 Å². The maximum Gasteiger partial charge on any atom is 0.387 e. The van der Waals surface area contributed by atoms with E-state index in [1.165, 1.54) is 0 Å². The number of carboxylic acid groups (broad SMARTS) is 1. The minimum absolute atomic E-state index is 1.16. The highest BCUT2D eigenvalue weighted by Gasteiger charge is 2.27. The number of benzene rings is 1. The molecule has 94 valence electrons. The van der Waals surface area contributed by atoms with Crippen molar-refractivity contribution in [3.8, 4) is 5.75 Å². The van der Waals surface area contributed by atoms with E-state index in [9.17, 15) is 31.9 Å². The molecule has 0 aliphatic heterocycles. The van der Waals surface area contributed by atoms with Crippen LogP contribution in [-0.2, 0) is 0 Å². The minimum Gasteiger partial charge on any atom is -0.545 e. The van der Waals surface area contributed by atoms with Gasteiger partial charge in [-0.3, -0.25) is 0 Å². The van der Waals surface area contributed by atoms with Crippen molar-refractivity contribution in [2.45, 2.75) is 6.61 Å². The largest absolute Gasteiger partial charge is 0.545 e. The molecule has 0 radical (unpaired) electrons. The summed E-state index contributed by atoms with van der Waals surface area (Å²) in [7, 11) is 0. The lowest BCUT2D eigenvalue weighted by Gasteiger charge is -2.14. The monoisotopic (exact) mass is 319 g/mol. The van der Waals surface area contributed by atoms with Crippen molar-refractivity contribution in [3.05, 3.63) is 27.5 Å². The topological polar surface area (TPSA) is 49.4 Å². The van der Waals surface area contributed by atoms with Crippen LogP contribution in [0.25, 0.3) is 0 Å². The number of rotatable bonds is 3. The highest BCUT2D eigenvalue weighted by atomic mass is 79.9. The Morgan fingerprint density at radius 3 is 2.12 bits per heavy atom. The third-order valence-corrected chi connectivity index (χ3v) is 2.33. The van der Waals surface area contributed by atoms with E-state index in [0.29, 0.717) is 0 Å². The highest BCUT2D eigenvalue weighted by molar-refractivity contribution is 9.10. The summed E-state index contributed by atoms with van der Waals surface area (Å²) in [5, 5.41) is 10.5. The molecular formula is C8HBrF5O3-. The Labute approximate surface area is 98.9 Å². The molecule has 0 aromatic heterocycles. The molecular weight excluding hydrogens is 319 g/mol. The van der Waals surface area contributed by atoms with Gasteiger partial charge in [0.05, 0.1) is 16.0 Å². The first-order valence-corrected chi connectivity index (χ1v) is 4.58. The third kappa shape index (κ3) is 2.48. The molecule has 0 heterocycles. The number of halogens is 6. The van der Waals surface area contributed by atoms with E-state index in [1.54, 1.807) is 0 Å². The summed E-state index contributed by atoms with van der Waals surface area (Å²) in [6, 6.07) is 0. The van der Waals surface area contributed by atoms with Gasteiger partial charge in [0.1, 0.15) is 0 Å². The molecule has 0 N–H and O–H groups in total. The zero-order valence-electron chi connectivity index (χ0n) is 7.57. The molecule has 1 aromatic carbocycles. The second kappa shape index (κ2) is 4.86. The Morgan fingerprint density at radius 1 is 1.18 bits per heavy atom. The van der Waals surface area contributed by atoms with E-state index < -0.39 is 45.8 Å². The summed E-state index contributed by atoms with van der Waals surface area (Å²) < 4.78 is 65.2. The van der Waals surface area contributed by atoms with E-state index in [2.05, 4.69) is 20.7 Å². The molecule has 3 nitrogen and oxygen atoms in total. The summed E-state index contributed by atoms with van der Waals surface area (Å²) in [6.45, 7) is -3.65. The minimum atomic E-state index is -3.65. The first-order chi connectivity index (χ1) is 7.77. The average molecular weight is 320 g/mol.